The van der Waals surface area contributed by atoms with Crippen molar-refractivity contribution in [1.29, 1.82) is 0 Å². The highest BCUT2D eigenvalue weighted by Gasteiger charge is 2.16. The van der Waals surface area contributed by atoms with E-state index in [1.807, 2.05) is 0 Å². The lowest BCUT2D eigenvalue weighted by Gasteiger charge is -2.06. The molecule has 0 aliphatic rings. The number of unbranched alkanes of at least 4 members (excludes halogenated alkanes) is 19. The fraction of sp³-hybridized carbons (Fsp3) is 0.903. The van der Waals surface area contributed by atoms with Crippen molar-refractivity contribution < 1.29 is 4.57 Å². The Labute approximate surface area is 208 Å². The van der Waals surface area contributed by atoms with Crippen LogP contribution in [0.1, 0.15) is 168 Å². The Morgan fingerprint density at radius 3 is 1.45 bits per heavy atom. The summed E-state index contributed by atoms with van der Waals surface area (Å²) in [4.78, 5) is 0. The Hall–Kier alpha value is -0.790. The van der Waals surface area contributed by atoms with Gasteiger partial charge in [-0.05, 0) is 32.1 Å². The molecule has 0 aromatic carbocycles. The molecule has 0 bridgehead atoms. The summed E-state index contributed by atoms with van der Waals surface area (Å²) < 4.78 is 5.16. The molecule has 0 saturated carbocycles. The standard InChI is InChI=1S/C31H61N2/c1-4-7-10-12-13-14-15-16-17-18-19-20-22-25-28-33-30-29-32(27-24-21-11-8-5-2)31(33)26-23-9-6-3/h29-30H,4-28H2,1-3H3/q+1. The van der Waals surface area contributed by atoms with E-state index in [0.29, 0.717) is 0 Å². The van der Waals surface area contributed by atoms with Crippen LogP contribution in [-0.2, 0) is 19.5 Å². The van der Waals surface area contributed by atoms with Crippen LogP contribution < -0.4 is 4.57 Å². The molecule has 194 valence electrons. The Balaban J connectivity index is 2.14. The third kappa shape index (κ3) is 16.5. The minimum atomic E-state index is 1.22. The zero-order chi connectivity index (χ0) is 23.8. The summed E-state index contributed by atoms with van der Waals surface area (Å²) in [5, 5.41) is 0. The molecular weight excluding hydrogens is 400 g/mol. The second kappa shape index (κ2) is 23.0. The molecule has 0 saturated heterocycles. The number of aryl methyl sites for hydroxylation is 2. The first-order chi connectivity index (χ1) is 16.3. The lowest BCUT2D eigenvalue weighted by molar-refractivity contribution is -0.704. The van der Waals surface area contributed by atoms with E-state index in [9.17, 15) is 0 Å². The van der Waals surface area contributed by atoms with Gasteiger partial charge in [0.15, 0.2) is 0 Å². The average molecular weight is 462 g/mol. The molecule has 1 rings (SSSR count). The van der Waals surface area contributed by atoms with Crippen molar-refractivity contribution in [2.45, 2.75) is 182 Å². The Bertz CT molecular complexity index is 519. The van der Waals surface area contributed by atoms with Gasteiger partial charge in [-0.15, -0.1) is 0 Å². The zero-order valence-electron chi connectivity index (χ0n) is 23.2. The van der Waals surface area contributed by atoms with Crippen LogP contribution in [0.3, 0.4) is 0 Å². The molecule has 0 atom stereocenters. The Morgan fingerprint density at radius 1 is 0.515 bits per heavy atom. The van der Waals surface area contributed by atoms with Crippen molar-refractivity contribution in [3.63, 3.8) is 0 Å². The predicted octanol–water partition coefficient (Wildman–Crippen LogP) is 9.96. The van der Waals surface area contributed by atoms with Crippen molar-refractivity contribution in [3.05, 3.63) is 18.2 Å². The second-order valence-corrected chi connectivity index (χ2v) is 10.6. The maximum Gasteiger partial charge on any atom is 0.256 e. The summed E-state index contributed by atoms with van der Waals surface area (Å²) in [5.41, 5.74) is 0. The number of aromatic nitrogens is 2. The highest BCUT2D eigenvalue weighted by atomic mass is 15.1. The van der Waals surface area contributed by atoms with Crippen molar-refractivity contribution in [3.8, 4) is 0 Å². The van der Waals surface area contributed by atoms with E-state index in [0.717, 1.165) is 0 Å². The maximum absolute atomic E-state index is 2.59. The van der Waals surface area contributed by atoms with Crippen LogP contribution in [0.4, 0.5) is 0 Å². The summed E-state index contributed by atoms with van der Waals surface area (Å²) in [6.07, 6.45) is 37.0. The molecule has 0 radical (unpaired) electrons. The van der Waals surface area contributed by atoms with Crippen LogP contribution in [0.5, 0.6) is 0 Å². The maximum atomic E-state index is 2.59. The molecule has 0 spiro atoms. The van der Waals surface area contributed by atoms with Gasteiger partial charge in [0, 0.05) is 6.42 Å². The number of nitrogens with zero attached hydrogens (tertiary/aromatic N) is 2. The molecule has 0 N–H and O–H groups in total. The molecule has 0 fully saturated rings. The molecule has 1 aromatic rings. The number of hydrogen-bond donors (Lipinski definition) is 0. The first-order valence-corrected chi connectivity index (χ1v) is 15.4. The van der Waals surface area contributed by atoms with E-state index in [4.69, 9.17) is 0 Å². The van der Waals surface area contributed by atoms with E-state index >= 15 is 0 Å². The molecule has 33 heavy (non-hydrogen) atoms. The summed E-state index contributed by atoms with van der Waals surface area (Å²) in [6.45, 7) is 9.37. The summed E-state index contributed by atoms with van der Waals surface area (Å²) >= 11 is 0. The van der Waals surface area contributed by atoms with Gasteiger partial charge in [0.1, 0.15) is 12.4 Å². The van der Waals surface area contributed by atoms with E-state index in [2.05, 4.69) is 42.3 Å². The number of imidazole rings is 1. The van der Waals surface area contributed by atoms with Gasteiger partial charge in [0.25, 0.3) is 5.82 Å². The molecule has 2 nitrogen and oxygen atoms in total. The molecule has 0 aliphatic heterocycles. The van der Waals surface area contributed by atoms with Crippen LogP contribution in [-0.4, -0.2) is 4.57 Å². The SMILES string of the molecule is CCCCCCCCCCCCCCCCn1cc[n+](CCCCCCC)c1CCCCC. The van der Waals surface area contributed by atoms with Crippen LogP contribution in [0.25, 0.3) is 0 Å². The third-order valence-corrected chi connectivity index (χ3v) is 7.35. The molecule has 0 unspecified atom stereocenters. The lowest BCUT2D eigenvalue weighted by Crippen LogP contribution is -2.37. The van der Waals surface area contributed by atoms with E-state index in [1.165, 1.54) is 161 Å². The summed E-state index contributed by atoms with van der Waals surface area (Å²) in [6, 6.07) is 0. The quantitative estimate of drug-likeness (QED) is 0.101. The van der Waals surface area contributed by atoms with Crippen LogP contribution in [0.2, 0.25) is 0 Å². The van der Waals surface area contributed by atoms with Crippen LogP contribution in [0.15, 0.2) is 12.4 Å². The summed E-state index contributed by atoms with van der Waals surface area (Å²) in [5.74, 6) is 1.59. The van der Waals surface area contributed by atoms with E-state index in [-0.39, 0.29) is 0 Å². The fourth-order valence-electron chi connectivity index (χ4n) is 5.09. The van der Waals surface area contributed by atoms with Crippen molar-refractivity contribution in [2.24, 2.45) is 0 Å². The largest absolute Gasteiger partial charge is 0.256 e. The van der Waals surface area contributed by atoms with E-state index < -0.39 is 0 Å². The summed E-state index contributed by atoms with van der Waals surface area (Å²) in [7, 11) is 0. The first kappa shape index (κ1) is 30.2. The lowest BCUT2D eigenvalue weighted by atomic mass is 10.0. The van der Waals surface area contributed by atoms with Gasteiger partial charge in [0.2, 0.25) is 0 Å². The van der Waals surface area contributed by atoms with Crippen LogP contribution >= 0.6 is 0 Å². The van der Waals surface area contributed by atoms with Gasteiger partial charge in [-0.1, -0.05) is 130 Å². The van der Waals surface area contributed by atoms with Gasteiger partial charge in [0.05, 0.1) is 13.1 Å². The van der Waals surface area contributed by atoms with Gasteiger partial charge < -0.3 is 0 Å². The Morgan fingerprint density at radius 2 is 0.939 bits per heavy atom. The van der Waals surface area contributed by atoms with Gasteiger partial charge >= 0.3 is 0 Å². The Kier molecular flexibility index (Phi) is 21.1. The molecule has 1 aromatic heterocycles. The van der Waals surface area contributed by atoms with Gasteiger partial charge in [-0.2, -0.15) is 0 Å². The number of rotatable bonds is 25. The highest BCUT2D eigenvalue weighted by molar-refractivity contribution is 4.84. The molecular formula is C31H61N2+. The molecule has 2 heteroatoms. The minimum Gasteiger partial charge on any atom is -0.234 e. The van der Waals surface area contributed by atoms with Crippen LogP contribution in [0, 0.1) is 0 Å². The predicted molar refractivity (Wildman–Crippen MR) is 147 cm³/mol. The molecule has 1 heterocycles. The fourth-order valence-corrected chi connectivity index (χ4v) is 5.09. The van der Waals surface area contributed by atoms with Crippen molar-refractivity contribution >= 4 is 0 Å². The average Bonchev–Trinajstić information content (AvgIpc) is 3.20. The highest BCUT2D eigenvalue weighted by Crippen LogP contribution is 2.14. The first-order valence-electron chi connectivity index (χ1n) is 15.4. The molecule has 0 aliphatic carbocycles. The van der Waals surface area contributed by atoms with Crippen molar-refractivity contribution in [1.82, 2.24) is 4.57 Å². The van der Waals surface area contributed by atoms with E-state index in [1.54, 1.807) is 5.82 Å². The smallest absolute Gasteiger partial charge is 0.234 e. The van der Waals surface area contributed by atoms with Crippen molar-refractivity contribution in [2.75, 3.05) is 0 Å². The monoisotopic (exact) mass is 461 g/mol. The molecule has 0 amide bonds. The normalized spacial score (nSPS) is 11.5. The number of hydrogen-bond acceptors (Lipinski definition) is 0. The van der Waals surface area contributed by atoms with Gasteiger partial charge in [-0.25, -0.2) is 9.13 Å². The van der Waals surface area contributed by atoms with Gasteiger partial charge in [-0.3, -0.25) is 0 Å². The minimum absolute atomic E-state index is 1.22. The zero-order valence-corrected chi connectivity index (χ0v) is 23.2. The topological polar surface area (TPSA) is 8.81 Å². The second-order valence-electron chi connectivity index (χ2n) is 10.6. The third-order valence-electron chi connectivity index (χ3n) is 7.35.